The highest BCUT2D eigenvalue weighted by atomic mass is 32.1. The van der Waals surface area contributed by atoms with E-state index >= 15 is 0 Å². The van der Waals surface area contributed by atoms with Crippen LogP contribution in [0.2, 0.25) is 0 Å². The monoisotopic (exact) mass is 220 g/mol. The lowest BCUT2D eigenvalue weighted by molar-refractivity contribution is 0.427. The van der Waals surface area contributed by atoms with Crippen molar-refractivity contribution in [2.75, 3.05) is 0 Å². The Morgan fingerprint density at radius 2 is 2.07 bits per heavy atom. The molecule has 1 heterocycles. The lowest BCUT2D eigenvalue weighted by Crippen LogP contribution is -2.26. The molecule has 0 bridgehead atoms. The molecule has 2 nitrogen and oxygen atoms in total. The highest BCUT2D eigenvalue weighted by molar-refractivity contribution is 7.27. The van der Waals surface area contributed by atoms with Crippen molar-refractivity contribution in [1.29, 1.82) is 0 Å². The Bertz CT molecular complexity index is 465. The summed E-state index contributed by atoms with van der Waals surface area (Å²) in [6.45, 7) is 2.15. The van der Waals surface area contributed by atoms with Gasteiger partial charge in [0.25, 0.3) is 0 Å². The van der Waals surface area contributed by atoms with E-state index in [1.165, 1.54) is 16.9 Å². The molecule has 0 fully saturated rings. The van der Waals surface area contributed by atoms with Crippen LogP contribution in [0.4, 0.5) is 0 Å². The Balaban J connectivity index is 2.43. The smallest absolute Gasteiger partial charge is 0.423 e. The number of benzene rings is 1. The summed E-state index contributed by atoms with van der Waals surface area (Å²) >= 11 is 1.45. The summed E-state index contributed by atoms with van der Waals surface area (Å²) in [4.78, 5) is 0. The highest BCUT2D eigenvalue weighted by Crippen LogP contribution is 2.21. The summed E-state index contributed by atoms with van der Waals surface area (Å²) in [7, 11) is -1.35. The topological polar surface area (TPSA) is 40.5 Å². The van der Waals surface area contributed by atoms with Crippen LogP contribution in [-0.4, -0.2) is 17.2 Å². The van der Waals surface area contributed by atoms with Gasteiger partial charge >= 0.3 is 7.12 Å². The Morgan fingerprint density at radius 3 is 2.73 bits per heavy atom. The fraction of sp³-hybridized carbons (Fsp3) is 0.273. The fourth-order valence-corrected chi connectivity index (χ4v) is 2.67. The molecule has 1 aromatic carbocycles. The summed E-state index contributed by atoms with van der Waals surface area (Å²) in [6.07, 6.45) is 2.21. The average molecular weight is 220 g/mol. The lowest BCUT2D eigenvalue weighted by atomic mass is 9.89. The molecule has 0 saturated carbocycles. The first-order valence-electron chi connectivity index (χ1n) is 5.09. The van der Waals surface area contributed by atoms with Gasteiger partial charge < -0.3 is 10.0 Å². The quantitative estimate of drug-likeness (QED) is 0.770. The summed E-state index contributed by atoms with van der Waals surface area (Å²) in [5.74, 6) is 0. The van der Waals surface area contributed by atoms with Gasteiger partial charge in [0.2, 0.25) is 0 Å². The minimum absolute atomic E-state index is 0.610. The van der Waals surface area contributed by atoms with E-state index in [1.54, 1.807) is 0 Å². The van der Waals surface area contributed by atoms with E-state index < -0.39 is 7.12 Å². The minimum atomic E-state index is -1.35. The molecule has 0 aliphatic rings. The van der Waals surface area contributed by atoms with Crippen LogP contribution in [-0.2, 0) is 6.42 Å². The normalized spacial score (nSPS) is 10.9. The van der Waals surface area contributed by atoms with Crippen LogP contribution in [0.5, 0.6) is 0 Å². The Morgan fingerprint density at radius 1 is 1.27 bits per heavy atom. The third-order valence-electron chi connectivity index (χ3n) is 2.40. The average Bonchev–Trinajstić information content (AvgIpc) is 2.61. The first-order chi connectivity index (χ1) is 7.20. The molecule has 0 spiro atoms. The number of fused-ring (bicyclic) bond motifs is 1. The fourth-order valence-electron chi connectivity index (χ4n) is 1.67. The van der Waals surface area contributed by atoms with Crippen LogP contribution in [0.3, 0.4) is 0 Å². The number of aryl methyl sites for hydroxylation is 1. The van der Waals surface area contributed by atoms with Gasteiger partial charge in [0.05, 0.1) is 0 Å². The van der Waals surface area contributed by atoms with E-state index in [2.05, 4.69) is 19.1 Å². The second kappa shape index (κ2) is 4.35. The van der Waals surface area contributed by atoms with Gasteiger partial charge in [-0.05, 0) is 29.5 Å². The van der Waals surface area contributed by atoms with Gasteiger partial charge in [-0.25, -0.2) is 0 Å². The van der Waals surface area contributed by atoms with Crippen molar-refractivity contribution in [3.05, 3.63) is 29.8 Å². The number of thiophene rings is 1. The molecular weight excluding hydrogens is 207 g/mol. The first-order valence-corrected chi connectivity index (χ1v) is 5.91. The van der Waals surface area contributed by atoms with Crippen LogP contribution in [0.25, 0.3) is 10.1 Å². The van der Waals surface area contributed by atoms with Crippen molar-refractivity contribution >= 4 is 33.3 Å². The molecule has 1 aromatic heterocycles. The molecular formula is C11H13BO2S. The SMILES string of the molecule is CCCc1ccc2cc(B(O)O)sc2c1. The standard InChI is InChI=1S/C11H13BO2S/c1-2-3-8-4-5-9-7-11(12(13)14)15-10(9)6-8/h4-7,13-14H,2-3H2,1H3. The summed E-state index contributed by atoms with van der Waals surface area (Å²) in [6, 6.07) is 8.12. The van der Waals surface area contributed by atoms with Crippen molar-refractivity contribution in [3.63, 3.8) is 0 Å². The third kappa shape index (κ3) is 2.22. The van der Waals surface area contributed by atoms with E-state index in [0.717, 1.165) is 22.9 Å². The summed E-state index contributed by atoms with van der Waals surface area (Å²) in [5.41, 5.74) is 1.31. The third-order valence-corrected chi connectivity index (χ3v) is 3.53. The molecule has 15 heavy (non-hydrogen) atoms. The van der Waals surface area contributed by atoms with E-state index in [9.17, 15) is 0 Å². The van der Waals surface area contributed by atoms with Crippen molar-refractivity contribution in [1.82, 2.24) is 0 Å². The van der Waals surface area contributed by atoms with Gasteiger partial charge in [-0.1, -0.05) is 25.5 Å². The van der Waals surface area contributed by atoms with E-state index in [1.807, 2.05) is 12.1 Å². The minimum Gasteiger partial charge on any atom is -0.423 e. The maximum absolute atomic E-state index is 9.06. The number of hydrogen-bond acceptors (Lipinski definition) is 3. The van der Waals surface area contributed by atoms with Crippen LogP contribution >= 0.6 is 11.3 Å². The summed E-state index contributed by atoms with van der Waals surface area (Å²) < 4.78 is 1.74. The molecule has 4 heteroatoms. The van der Waals surface area contributed by atoms with Gasteiger partial charge in [0, 0.05) is 9.48 Å². The zero-order chi connectivity index (χ0) is 10.8. The molecule has 2 N–H and O–H groups in total. The zero-order valence-electron chi connectivity index (χ0n) is 8.60. The summed E-state index contributed by atoms with van der Waals surface area (Å²) in [5, 5.41) is 19.2. The van der Waals surface area contributed by atoms with E-state index in [4.69, 9.17) is 10.0 Å². The molecule has 0 aliphatic heterocycles. The van der Waals surface area contributed by atoms with Gasteiger partial charge in [0.1, 0.15) is 0 Å². The lowest BCUT2D eigenvalue weighted by Gasteiger charge is -1.97. The Kier molecular flexibility index (Phi) is 3.10. The molecule has 0 saturated heterocycles. The number of hydrogen-bond donors (Lipinski definition) is 2. The van der Waals surface area contributed by atoms with Crippen molar-refractivity contribution in [2.24, 2.45) is 0 Å². The van der Waals surface area contributed by atoms with Crippen molar-refractivity contribution in [2.45, 2.75) is 19.8 Å². The highest BCUT2D eigenvalue weighted by Gasteiger charge is 2.14. The maximum Gasteiger partial charge on any atom is 0.499 e. The van der Waals surface area contributed by atoms with Gasteiger partial charge in [-0.2, -0.15) is 0 Å². The predicted molar refractivity (Wildman–Crippen MR) is 65.6 cm³/mol. The van der Waals surface area contributed by atoms with E-state index in [-0.39, 0.29) is 0 Å². The van der Waals surface area contributed by atoms with Crippen molar-refractivity contribution < 1.29 is 10.0 Å². The predicted octanol–water partition coefficient (Wildman–Crippen LogP) is 1.53. The Hall–Kier alpha value is -0.835. The molecule has 0 radical (unpaired) electrons. The van der Waals surface area contributed by atoms with Gasteiger partial charge in [-0.15, -0.1) is 11.3 Å². The first kappa shape index (κ1) is 10.7. The van der Waals surface area contributed by atoms with Crippen LogP contribution in [0.1, 0.15) is 18.9 Å². The second-order valence-corrected chi connectivity index (χ2v) is 4.76. The number of rotatable bonds is 3. The molecule has 2 aromatic rings. The van der Waals surface area contributed by atoms with Crippen LogP contribution < -0.4 is 4.78 Å². The molecule has 0 amide bonds. The Labute approximate surface area is 93.3 Å². The largest absolute Gasteiger partial charge is 0.499 e. The second-order valence-electron chi connectivity index (χ2n) is 3.64. The van der Waals surface area contributed by atoms with Gasteiger partial charge in [-0.3, -0.25) is 0 Å². The van der Waals surface area contributed by atoms with E-state index in [0.29, 0.717) is 4.78 Å². The zero-order valence-corrected chi connectivity index (χ0v) is 9.42. The molecule has 0 aliphatic carbocycles. The molecule has 0 unspecified atom stereocenters. The molecule has 78 valence electrons. The van der Waals surface area contributed by atoms with Crippen molar-refractivity contribution in [3.8, 4) is 0 Å². The van der Waals surface area contributed by atoms with Crippen LogP contribution in [0, 0.1) is 0 Å². The van der Waals surface area contributed by atoms with Gasteiger partial charge in [0.15, 0.2) is 0 Å². The maximum atomic E-state index is 9.06. The molecule has 2 rings (SSSR count). The molecule has 0 atom stereocenters. The van der Waals surface area contributed by atoms with Crippen LogP contribution in [0.15, 0.2) is 24.3 Å².